The van der Waals surface area contributed by atoms with Gasteiger partial charge in [0, 0.05) is 12.4 Å². The fourth-order valence-corrected chi connectivity index (χ4v) is 2.98. The number of hydrogen-bond acceptors (Lipinski definition) is 3. The molecule has 2 atom stereocenters. The van der Waals surface area contributed by atoms with E-state index in [4.69, 9.17) is 0 Å². The van der Waals surface area contributed by atoms with Crippen molar-refractivity contribution >= 4 is 5.78 Å². The van der Waals surface area contributed by atoms with Gasteiger partial charge in [0.05, 0.1) is 23.2 Å². The summed E-state index contributed by atoms with van der Waals surface area (Å²) in [7, 11) is 0. The van der Waals surface area contributed by atoms with Crippen LogP contribution in [0, 0.1) is 0 Å². The molecule has 2 aromatic rings. The molecule has 0 saturated heterocycles. The molecule has 1 aliphatic carbocycles. The minimum Gasteiger partial charge on any atom is -0.298 e. The number of carbonyl (C=O) groups is 1. The molecule has 2 unspecified atom stereocenters. The fraction of sp³-hybridized carbons (Fsp3) is 0.353. The summed E-state index contributed by atoms with van der Waals surface area (Å²) >= 11 is 0. The number of pyridine rings is 2. The highest BCUT2D eigenvalue weighted by Gasteiger charge is 2.32. The van der Waals surface area contributed by atoms with Gasteiger partial charge in [-0.2, -0.15) is 0 Å². The fourth-order valence-electron chi connectivity index (χ4n) is 2.98. The standard InChI is InChI=1S/C17H18N2O/c20-17-13(15-9-3-5-11-18-15)7-1-2-8-14(17)16-10-4-6-12-19-16/h3-6,9-14H,1-2,7-8H2. The Balaban J connectivity index is 1.91. The third kappa shape index (κ3) is 2.62. The molecule has 3 rings (SSSR count). The zero-order valence-corrected chi connectivity index (χ0v) is 11.4. The van der Waals surface area contributed by atoms with Crippen LogP contribution in [0.4, 0.5) is 0 Å². The van der Waals surface area contributed by atoms with Crippen molar-refractivity contribution in [1.29, 1.82) is 0 Å². The Kier molecular flexibility index (Phi) is 3.86. The summed E-state index contributed by atoms with van der Waals surface area (Å²) < 4.78 is 0. The van der Waals surface area contributed by atoms with Gasteiger partial charge in [-0.1, -0.05) is 25.0 Å². The summed E-state index contributed by atoms with van der Waals surface area (Å²) in [5, 5.41) is 0. The smallest absolute Gasteiger partial charge is 0.150 e. The molecule has 1 aliphatic rings. The lowest BCUT2D eigenvalue weighted by Crippen LogP contribution is -2.20. The first-order chi connectivity index (χ1) is 9.86. The Morgan fingerprint density at radius 2 is 1.30 bits per heavy atom. The van der Waals surface area contributed by atoms with Crippen LogP contribution < -0.4 is 0 Å². The van der Waals surface area contributed by atoms with Crippen LogP contribution in [0.1, 0.15) is 48.9 Å². The van der Waals surface area contributed by atoms with E-state index in [1.807, 2.05) is 36.4 Å². The van der Waals surface area contributed by atoms with Crippen LogP contribution in [0.2, 0.25) is 0 Å². The molecule has 0 N–H and O–H groups in total. The van der Waals surface area contributed by atoms with Gasteiger partial charge in [-0.25, -0.2) is 0 Å². The Morgan fingerprint density at radius 3 is 1.70 bits per heavy atom. The van der Waals surface area contributed by atoms with Gasteiger partial charge in [0.15, 0.2) is 5.78 Å². The molecule has 0 spiro atoms. The van der Waals surface area contributed by atoms with Crippen molar-refractivity contribution in [3.63, 3.8) is 0 Å². The average Bonchev–Trinajstić information content (AvgIpc) is 2.71. The Bertz CT molecular complexity index is 517. The summed E-state index contributed by atoms with van der Waals surface area (Å²) in [6, 6.07) is 11.6. The number of carbonyl (C=O) groups excluding carboxylic acids is 1. The van der Waals surface area contributed by atoms with Crippen molar-refractivity contribution < 1.29 is 4.79 Å². The number of nitrogens with zero attached hydrogens (tertiary/aromatic N) is 2. The molecule has 0 aromatic carbocycles. The molecule has 0 bridgehead atoms. The molecule has 0 aliphatic heterocycles. The van der Waals surface area contributed by atoms with E-state index in [2.05, 4.69) is 9.97 Å². The molecule has 3 heteroatoms. The molecular formula is C17H18N2O. The Hall–Kier alpha value is -2.03. The van der Waals surface area contributed by atoms with Crippen molar-refractivity contribution in [2.45, 2.75) is 37.5 Å². The third-order valence-electron chi connectivity index (χ3n) is 4.01. The molecule has 3 nitrogen and oxygen atoms in total. The van der Waals surface area contributed by atoms with Crippen LogP contribution in [0.15, 0.2) is 48.8 Å². The third-order valence-corrected chi connectivity index (χ3v) is 4.01. The van der Waals surface area contributed by atoms with Crippen LogP contribution in [0.3, 0.4) is 0 Å². The summed E-state index contributed by atoms with van der Waals surface area (Å²) in [5.74, 6) is 0.122. The van der Waals surface area contributed by atoms with Crippen molar-refractivity contribution in [2.75, 3.05) is 0 Å². The maximum absolute atomic E-state index is 12.9. The van der Waals surface area contributed by atoms with E-state index in [1.54, 1.807) is 12.4 Å². The van der Waals surface area contributed by atoms with Gasteiger partial charge in [-0.15, -0.1) is 0 Å². The summed E-state index contributed by atoms with van der Waals surface area (Å²) in [6.07, 6.45) is 7.50. The Morgan fingerprint density at radius 1 is 0.800 bits per heavy atom. The topological polar surface area (TPSA) is 42.9 Å². The van der Waals surface area contributed by atoms with E-state index in [0.717, 1.165) is 37.1 Å². The molecule has 2 heterocycles. The van der Waals surface area contributed by atoms with Gasteiger partial charge in [0.2, 0.25) is 0 Å². The van der Waals surface area contributed by atoms with Gasteiger partial charge in [0.1, 0.15) is 0 Å². The number of Topliss-reactive ketones (excluding diaryl/α,β-unsaturated/α-hetero) is 1. The monoisotopic (exact) mass is 266 g/mol. The number of ketones is 1. The van der Waals surface area contributed by atoms with Crippen LogP contribution in [-0.2, 0) is 4.79 Å². The van der Waals surface area contributed by atoms with Gasteiger partial charge in [-0.3, -0.25) is 14.8 Å². The zero-order valence-electron chi connectivity index (χ0n) is 11.4. The van der Waals surface area contributed by atoms with Gasteiger partial charge >= 0.3 is 0 Å². The van der Waals surface area contributed by atoms with Crippen LogP contribution >= 0.6 is 0 Å². The lowest BCUT2D eigenvalue weighted by molar-refractivity contribution is -0.122. The molecule has 1 fully saturated rings. The van der Waals surface area contributed by atoms with Crippen LogP contribution in [0.5, 0.6) is 0 Å². The van der Waals surface area contributed by atoms with Crippen molar-refractivity contribution in [3.05, 3.63) is 60.2 Å². The predicted octanol–water partition coefficient (Wildman–Crippen LogP) is 3.49. The lowest BCUT2D eigenvalue weighted by atomic mass is 9.87. The maximum atomic E-state index is 12.9. The summed E-state index contributed by atoms with van der Waals surface area (Å²) in [4.78, 5) is 21.6. The van der Waals surface area contributed by atoms with E-state index in [0.29, 0.717) is 0 Å². The molecule has 2 aromatic heterocycles. The molecular weight excluding hydrogens is 248 g/mol. The first kappa shape index (κ1) is 13.0. The number of aromatic nitrogens is 2. The highest BCUT2D eigenvalue weighted by molar-refractivity contribution is 5.91. The molecule has 0 amide bonds. The minimum absolute atomic E-state index is 0.0780. The zero-order chi connectivity index (χ0) is 13.8. The van der Waals surface area contributed by atoms with Crippen molar-refractivity contribution in [1.82, 2.24) is 9.97 Å². The summed E-state index contributed by atoms with van der Waals surface area (Å²) in [6.45, 7) is 0. The van der Waals surface area contributed by atoms with Crippen molar-refractivity contribution in [3.8, 4) is 0 Å². The average molecular weight is 266 g/mol. The normalized spacial score (nSPS) is 23.3. The van der Waals surface area contributed by atoms with Gasteiger partial charge in [0.25, 0.3) is 0 Å². The van der Waals surface area contributed by atoms with E-state index < -0.39 is 0 Å². The second-order valence-electron chi connectivity index (χ2n) is 5.30. The second kappa shape index (κ2) is 5.95. The van der Waals surface area contributed by atoms with Gasteiger partial charge in [-0.05, 0) is 37.1 Å². The molecule has 102 valence electrons. The second-order valence-corrected chi connectivity index (χ2v) is 5.30. The molecule has 0 radical (unpaired) electrons. The SMILES string of the molecule is O=C1C(c2ccccn2)CCCCC1c1ccccn1. The Labute approximate surface area is 119 Å². The van der Waals surface area contributed by atoms with E-state index >= 15 is 0 Å². The maximum Gasteiger partial charge on any atom is 0.150 e. The lowest BCUT2D eigenvalue weighted by Gasteiger charge is -2.18. The number of rotatable bonds is 2. The molecule has 1 saturated carbocycles. The van der Waals surface area contributed by atoms with Crippen LogP contribution in [0.25, 0.3) is 0 Å². The largest absolute Gasteiger partial charge is 0.298 e. The highest BCUT2D eigenvalue weighted by Crippen LogP contribution is 2.35. The quantitative estimate of drug-likeness (QED) is 0.781. The first-order valence-corrected chi connectivity index (χ1v) is 7.22. The van der Waals surface area contributed by atoms with Crippen molar-refractivity contribution in [2.24, 2.45) is 0 Å². The van der Waals surface area contributed by atoms with E-state index in [9.17, 15) is 4.79 Å². The highest BCUT2D eigenvalue weighted by atomic mass is 16.1. The van der Waals surface area contributed by atoms with Crippen LogP contribution in [-0.4, -0.2) is 15.8 Å². The molecule has 20 heavy (non-hydrogen) atoms. The summed E-state index contributed by atoms with van der Waals surface area (Å²) in [5.41, 5.74) is 1.81. The minimum atomic E-state index is -0.0780. The first-order valence-electron chi connectivity index (χ1n) is 7.22. The van der Waals surface area contributed by atoms with E-state index in [-0.39, 0.29) is 17.6 Å². The number of hydrogen-bond donors (Lipinski definition) is 0. The van der Waals surface area contributed by atoms with Gasteiger partial charge < -0.3 is 0 Å². The predicted molar refractivity (Wildman–Crippen MR) is 77.4 cm³/mol. The van der Waals surface area contributed by atoms with E-state index in [1.165, 1.54) is 0 Å².